The lowest BCUT2D eigenvalue weighted by atomic mass is 9.63. The van der Waals surface area contributed by atoms with Crippen molar-refractivity contribution in [2.75, 3.05) is 18.5 Å². The topological polar surface area (TPSA) is 113 Å². The number of Topliss-reactive ketones (excluding diaryl/α,β-unsaturated/α-hetero) is 2. The molecule has 3 aliphatic rings. The fourth-order valence-corrected chi connectivity index (χ4v) is 6.96. The van der Waals surface area contributed by atoms with Crippen LogP contribution in [0.3, 0.4) is 0 Å². The summed E-state index contributed by atoms with van der Waals surface area (Å²) in [5.41, 5.74) is 3.56. The van der Waals surface area contributed by atoms with E-state index in [1.165, 1.54) is 0 Å². The van der Waals surface area contributed by atoms with Crippen molar-refractivity contribution in [2.24, 2.45) is 10.8 Å². The number of benzene rings is 2. The van der Waals surface area contributed by atoms with Gasteiger partial charge in [-0.2, -0.15) is 0 Å². The van der Waals surface area contributed by atoms with Crippen LogP contribution in [0, 0.1) is 17.8 Å². The lowest BCUT2D eigenvalue weighted by molar-refractivity contribution is -0.138. The number of amides is 1. The maximum absolute atomic E-state index is 13.8. The molecule has 1 amide bonds. The summed E-state index contributed by atoms with van der Waals surface area (Å²) in [6, 6.07) is 10.3. The number of halogens is 2. The number of hydrogen-bond donors (Lipinski definition) is 2. The third-order valence-corrected chi connectivity index (χ3v) is 9.12. The standard InChI is InChI=1S/C34H36Cl2N2O6/c1-18-6-8-20(11-21(18)35)37-28(41)17-44-27-9-7-19(10-22(27)36)30-31-23(12-33(2,3)14-25(31)39)38(16-29(42)43)24-13-34(4,5)15-26(40)32(24)30/h6-11,30H,12-17H2,1-5H3,(H,37,41)(H,42,43). The Hall–Kier alpha value is -3.62. The molecule has 5 rings (SSSR count). The first kappa shape index (κ1) is 31.8. The van der Waals surface area contributed by atoms with Crippen LogP contribution in [0.1, 0.15) is 70.4 Å². The first-order valence-electron chi connectivity index (χ1n) is 14.6. The molecule has 0 unspecified atom stereocenters. The molecule has 0 aromatic heterocycles. The molecular formula is C34H36Cl2N2O6. The molecule has 2 aliphatic carbocycles. The van der Waals surface area contributed by atoms with E-state index in [0.29, 0.717) is 51.7 Å². The predicted molar refractivity (Wildman–Crippen MR) is 169 cm³/mol. The minimum atomic E-state index is -1.03. The van der Waals surface area contributed by atoms with Gasteiger partial charge in [-0.1, -0.05) is 63.0 Å². The van der Waals surface area contributed by atoms with E-state index in [1.54, 1.807) is 41.3 Å². The van der Waals surface area contributed by atoms with Crippen molar-refractivity contribution in [1.29, 1.82) is 0 Å². The maximum atomic E-state index is 13.8. The van der Waals surface area contributed by atoms with Crippen molar-refractivity contribution in [1.82, 2.24) is 4.90 Å². The second kappa shape index (κ2) is 11.7. The number of nitrogens with zero attached hydrogens (tertiary/aromatic N) is 1. The number of ketones is 2. The molecule has 0 bridgehead atoms. The van der Waals surface area contributed by atoms with Crippen molar-refractivity contribution in [3.8, 4) is 5.75 Å². The Morgan fingerprint density at radius 3 is 2.02 bits per heavy atom. The minimum absolute atomic E-state index is 0.106. The number of hydrogen-bond acceptors (Lipinski definition) is 6. The Labute approximate surface area is 267 Å². The summed E-state index contributed by atoms with van der Waals surface area (Å²) in [5, 5.41) is 13.4. The van der Waals surface area contributed by atoms with Gasteiger partial charge in [0.2, 0.25) is 0 Å². The molecule has 0 spiro atoms. The number of carbonyl (C=O) groups is 4. The average Bonchev–Trinajstić information content (AvgIpc) is 2.89. The number of carboxylic acids is 1. The summed E-state index contributed by atoms with van der Waals surface area (Å²) in [4.78, 5) is 53.9. The Morgan fingerprint density at radius 1 is 0.909 bits per heavy atom. The van der Waals surface area contributed by atoms with Crippen LogP contribution in [0.15, 0.2) is 58.9 Å². The van der Waals surface area contributed by atoms with Crippen LogP contribution in [0.2, 0.25) is 10.0 Å². The van der Waals surface area contributed by atoms with Gasteiger partial charge in [0.1, 0.15) is 12.3 Å². The normalized spacial score (nSPS) is 19.5. The smallest absolute Gasteiger partial charge is 0.323 e. The van der Waals surface area contributed by atoms with E-state index in [2.05, 4.69) is 5.32 Å². The highest BCUT2D eigenvalue weighted by Gasteiger charge is 2.49. The first-order valence-corrected chi connectivity index (χ1v) is 15.3. The Balaban J connectivity index is 1.50. The van der Waals surface area contributed by atoms with Gasteiger partial charge in [0.25, 0.3) is 5.91 Å². The van der Waals surface area contributed by atoms with Crippen molar-refractivity contribution < 1.29 is 29.0 Å². The Kier molecular flexibility index (Phi) is 8.46. The van der Waals surface area contributed by atoms with Crippen LogP contribution >= 0.6 is 23.2 Å². The zero-order valence-corrected chi connectivity index (χ0v) is 27.0. The van der Waals surface area contributed by atoms with E-state index in [0.717, 1.165) is 5.56 Å². The van der Waals surface area contributed by atoms with Crippen molar-refractivity contribution in [3.05, 3.63) is 80.1 Å². The molecule has 1 aliphatic heterocycles. The quantitative estimate of drug-likeness (QED) is 0.333. The Bertz CT molecular complexity index is 1600. The highest BCUT2D eigenvalue weighted by atomic mass is 35.5. The molecule has 0 atom stereocenters. The van der Waals surface area contributed by atoms with Gasteiger partial charge in [0.15, 0.2) is 18.2 Å². The SMILES string of the molecule is Cc1ccc(NC(=O)COc2ccc(C3C4=C(CC(C)(C)CC4=O)N(CC(=O)O)C4=C3C(=O)CC(C)(C)C4)cc2Cl)cc1Cl. The molecule has 0 fully saturated rings. The molecule has 2 aromatic rings. The summed E-state index contributed by atoms with van der Waals surface area (Å²) >= 11 is 12.8. The van der Waals surface area contributed by atoms with Gasteiger partial charge in [-0.25, -0.2) is 0 Å². The van der Waals surface area contributed by atoms with E-state index in [1.807, 2.05) is 34.6 Å². The van der Waals surface area contributed by atoms with Gasteiger partial charge >= 0.3 is 5.97 Å². The monoisotopic (exact) mass is 638 g/mol. The van der Waals surface area contributed by atoms with Crippen LogP contribution in [-0.2, 0) is 19.2 Å². The molecule has 1 heterocycles. The molecule has 232 valence electrons. The number of aryl methyl sites for hydroxylation is 1. The van der Waals surface area contributed by atoms with Crippen molar-refractivity contribution >= 4 is 52.3 Å². The number of nitrogens with one attached hydrogen (secondary N) is 1. The van der Waals surface area contributed by atoms with Crippen LogP contribution in [0.5, 0.6) is 5.75 Å². The largest absolute Gasteiger partial charge is 0.482 e. The molecular weight excluding hydrogens is 603 g/mol. The number of rotatable bonds is 7. The molecule has 2 aromatic carbocycles. The van der Waals surface area contributed by atoms with Crippen LogP contribution < -0.4 is 10.1 Å². The third kappa shape index (κ3) is 6.42. The summed E-state index contributed by atoms with van der Waals surface area (Å²) in [7, 11) is 0. The molecule has 44 heavy (non-hydrogen) atoms. The molecule has 0 radical (unpaired) electrons. The average molecular weight is 640 g/mol. The maximum Gasteiger partial charge on any atom is 0.323 e. The molecule has 0 saturated heterocycles. The highest BCUT2D eigenvalue weighted by molar-refractivity contribution is 6.32. The lowest BCUT2D eigenvalue weighted by Gasteiger charge is -2.48. The lowest BCUT2D eigenvalue weighted by Crippen LogP contribution is -2.45. The second-order valence-electron chi connectivity index (χ2n) is 13.5. The number of ether oxygens (including phenoxy) is 1. The predicted octanol–water partition coefficient (Wildman–Crippen LogP) is 7.09. The molecule has 0 saturated carbocycles. The van der Waals surface area contributed by atoms with E-state index in [9.17, 15) is 24.3 Å². The van der Waals surface area contributed by atoms with Gasteiger partial charge in [0.05, 0.1) is 5.02 Å². The summed E-state index contributed by atoms with van der Waals surface area (Å²) in [6.07, 6.45) is 1.56. The van der Waals surface area contributed by atoms with E-state index < -0.39 is 17.8 Å². The van der Waals surface area contributed by atoms with Crippen LogP contribution in [0.25, 0.3) is 0 Å². The van der Waals surface area contributed by atoms with E-state index in [-0.39, 0.29) is 59.2 Å². The minimum Gasteiger partial charge on any atom is -0.482 e. The number of allylic oxidation sites excluding steroid dienone is 4. The number of carboxylic acid groups (broad SMARTS) is 1. The van der Waals surface area contributed by atoms with E-state index in [4.69, 9.17) is 27.9 Å². The van der Waals surface area contributed by atoms with Crippen molar-refractivity contribution in [3.63, 3.8) is 0 Å². The highest BCUT2D eigenvalue weighted by Crippen LogP contribution is 2.54. The summed E-state index contributed by atoms with van der Waals surface area (Å²) in [5.74, 6) is -2.06. The summed E-state index contributed by atoms with van der Waals surface area (Å²) < 4.78 is 5.73. The van der Waals surface area contributed by atoms with Crippen LogP contribution in [-0.4, -0.2) is 46.6 Å². The molecule has 2 N–H and O–H groups in total. The number of carbonyl (C=O) groups excluding carboxylic acids is 3. The van der Waals surface area contributed by atoms with Crippen molar-refractivity contribution in [2.45, 2.75) is 66.2 Å². The summed E-state index contributed by atoms with van der Waals surface area (Å²) in [6.45, 7) is 9.21. The molecule has 8 nitrogen and oxygen atoms in total. The van der Waals surface area contributed by atoms with Crippen LogP contribution in [0.4, 0.5) is 5.69 Å². The first-order chi connectivity index (χ1) is 20.5. The third-order valence-electron chi connectivity index (χ3n) is 8.42. The zero-order chi connectivity index (χ0) is 32.1. The number of aliphatic carboxylic acids is 1. The van der Waals surface area contributed by atoms with Gasteiger partial charge < -0.3 is 20.1 Å². The number of anilines is 1. The van der Waals surface area contributed by atoms with Gasteiger partial charge in [-0.05, 0) is 66.0 Å². The fraction of sp³-hybridized carbons (Fsp3) is 0.412. The molecule has 10 heteroatoms. The fourth-order valence-electron chi connectivity index (χ4n) is 6.53. The van der Waals surface area contributed by atoms with Gasteiger partial charge in [-0.3, -0.25) is 19.2 Å². The Morgan fingerprint density at radius 2 is 1.50 bits per heavy atom. The van der Waals surface area contributed by atoms with Gasteiger partial charge in [0, 0.05) is 52.0 Å². The second-order valence-corrected chi connectivity index (χ2v) is 14.3. The van der Waals surface area contributed by atoms with Gasteiger partial charge in [-0.15, -0.1) is 0 Å². The van der Waals surface area contributed by atoms with E-state index >= 15 is 0 Å². The zero-order valence-electron chi connectivity index (χ0n) is 25.5.